The summed E-state index contributed by atoms with van der Waals surface area (Å²) >= 11 is 5.32. The van der Waals surface area contributed by atoms with Crippen LogP contribution in [0, 0.1) is 0 Å². The highest BCUT2D eigenvalue weighted by Gasteiger charge is 2.05. The van der Waals surface area contributed by atoms with Crippen LogP contribution >= 0.6 is 12.2 Å². The van der Waals surface area contributed by atoms with Gasteiger partial charge in [0.1, 0.15) is 5.76 Å². The van der Waals surface area contributed by atoms with Gasteiger partial charge in [0.05, 0.1) is 12.8 Å². The number of hydrogen-bond acceptors (Lipinski definition) is 2. The number of thiocarbonyl (C=S) groups is 1. The summed E-state index contributed by atoms with van der Waals surface area (Å²) in [6, 6.07) is 14.0. The van der Waals surface area contributed by atoms with E-state index in [1.54, 1.807) is 6.26 Å². The summed E-state index contributed by atoms with van der Waals surface area (Å²) in [4.78, 5) is 2.01. The van der Waals surface area contributed by atoms with Crippen LogP contribution in [0.1, 0.15) is 11.3 Å². The van der Waals surface area contributed by atoms with Crippen molar-refractivity contribution in [1.29, 1.82) is 0 Å². The van der Waals surface area contributed by atoms with Crippen molar-refractivity contribution in [3.8, 4) is 0 Å². The number of rotatable bonds is 4. The van der Waals surface area contributed by atoms with Gasteiger partial charge in [0, 0.05) is 13.6 Å². The summed E-state index contributed by atoms with van der Waals surface area (Å²) in [5.74, 6) is 0.880. The molecule has 2 aromatic rings. The third-order valence-electron chi connectivity index (χ3n) is 2.60. The van der Waals surface area contributed by atoms with Crippen molar-refractivity contribution in [2.75, 3.05) is 7.05 Å². The van der Waals surface area contributed by atoms with E-state index < -0.39 is 0 Å². The van der Waals surface area contributed by atoms with Crippen LogP contribution in [0.4, 0.5) is 0 Å². The van der Waals surface area contributed by atoms with Gasteiger partial charge in [-0.2, -0.15) is 0 Å². The second-order valence-corrected chi connectivity index (χ2v) is 4.47. The lowest BCUT2D eigenvalue weighted by atomic mass is 10.2. The molecule has 18 heavy (non-hydrogen) atoms. The summed E-state index contributed by atoms with van der Waals surface area (Å²) in [7, 11) is 1.98. The van der Waals surface area contributed by atoms with E-state index >= 15 is 0 Å². The van der Waals surface area contributed by atoms with E-state index in [1.807, 2.05) is 42.3 Å². The first-order valence-corrected chi connectivity index (χ1v) is 6.22. The zero-order valence-corrected chi connectivity index (χ0v) is 11.1. The maximum absolute atomic E-state index is 5.32. The van der Waals surface area contributed by atoms with E-state index in [-0.39, 0.29) is 0 Å². The van der Waals surface area contributed by atoms with Crippen LogP contribution < -0.4 is 5.32 Å². The second kappa shape index (κ2) is 6.21. The Bertz CT molecular complexity index is 482. The summed E-state index contributed by atoms with van der Waals surface area (Å²) in [6.45, 7) is 1.41. The SMILES string of the molecule is CN(Cc1ccccc1)C(=S)NCc1ccco1. The molecule has 3 nitrogen and oxygen atoms in total. The molecule has 0 aliphatic carbocycles. The lowest BCUT2D eigenvalue weighted by Gasteiger charge is -2.20. The maximum atomic E-state index is 5.32. The molecule has 4 heteroatoms. The van der Waals surface area contributed by atoms with Crippen LogP contribution in [0.15, 0.2) is 53.1 Å². The predicted molar refractivity (Wildman–Crippen MR) is 76.1 cm³/mol. The van der Waals surface area contributed by atoms with E-state index in [1.165, 1.54) is 5.56 Å². The van der Waals surface area contributed by atoms with Gasteiger partial charge in [-0.25, -0.2) is 0 Å². The first kappa shape index (κ1) is 12.6. The number of hydrogen-bond donors (Lipinski definition) is 1. The molecule has 1 aromatic carbocycles. The molecule has 0 fully saturated rings. The molecule has 1 heterocycles. The van der Waals surface area contributed by atoms with E-state index in [9.17, 15) is 0 Å². The van der Waals surface area contributed by atoms with Gasteiger partial charge in [0.15, 0.2) is 5.11 Å². The zero-order valence-electron chi connectivity index (χ0n) is 10.3. The molecule has 94 valence electrons. The standard InChI is InChI=1S/C14H16N2OS/c1-16(11-12-6-3-2-4-7-12)14(18)15-10-13-8-5-9-17-13/h2-9H,10-11H2,1H3,(H,15,18). The van der Waals surface area contributed by atoms with Crippen molar-refractivity contribution in [3.05, 3.63) is 60.1 Å². The maximum Gasteiger partial charge on any atom is 0.169 e. The molecule has 1 N–H and O–H groups in total. The molecule has 0 aliphatic heterocycles. The van der Waals surface area contributed by atoms with Crippen molar-refractivity contribution >= 4 is 17.3 Å². The minimum Gasteiger partial charge on any atom is -0.467 e. The molecule has 0 amide bonds. The fourth-order valence-corrected chi connectivity index (χ4v) is 1.78. The Balaban J connectivity index is 1.82. The second-order valence-electron chi connectivity index (χ2n) is 4.08. The third kappa shape index (κ3) is 3.60. The molecule has 2 rings (SSSR count). The fourth-order valence-electron chi connectivity index (χ4n) is 1.64. The average molecular weight is 260 g/mol. The molecule has 1 aromatic heterocycles. The van der Waals surface area contributed by atoms with Crippen LogP contribution in [-0.2, 0) is 13.1 Å². The monoisotopic (exact) mass is 260 g/mol. The van der Waals surface area contributed by atoms with Gasteiger partial charge in [0.25, 0.3) is 0 Å². The highest BCUT2D eigenvalue weighted by atomic mass is 32.1. The Morgan fingerprint density at radius 3 is 2.67 bits per heavy atom. The predicted octanol–water partition coefficient (Wildman–Crippen LogP) is 2.79. The Hall–Kier alpha value is -1.81. The average Bonchev–Trinajstić information content (AvgIpc) is 2.90. The van der Waals surface area contributed by atoms with Gasteiger partial charge in [0.2, 0.25) is 0 Å². The van der Waals surface area contributed by atoms with Crippen molar-refractivity contribution in [2.24, 2.45) is 0 Å². The summed E-state index contributed by atoms with van der Waals surface area (Å²) in [5, 5.41) is 3.89. The molecule has 0 atom stereocenters. The minimum atomic E-state index is 0.616. The van der Waals surface area contributed by atoms with Gasteiger partial charge in [-0.15, -0.1) is 0 Å². The van der Waals surface area contributed by atoms with Crippen LogP contribution in [0.5, 0.6) is 0 Å². The number of furan rings is 1. The lowest BCUT2D eigenvalue weighted by molar-refractivity contribution is 0.468. The summed E-state index contributed by atoms with van der Waals surface area (Å²) in [5.41, 5.74) is 1.24. The van der Waals surface area contributed by atoms with Crippen molar-refractivity contribution < 1.29 is 4.42 Å². The van der Waals surface area contributed by atoms with Gasteiger partial charge >= 0.3 is 0 Å². The summed E-state index contributed by atoms with van der Waals surface area (Å²) in [6.07, 6.45) is 1.66. The van der Waals surface area contributed by atoms with Gasteiger partial charge in [-0.3, -0.25) is 0 Å². The summed E-state index contributed by atoms with van der Waals surface area (Å²) < 4.78 is 5.24. The molecule has 0 unspecified atom stereocenters. The molecule has 0 saturated carbocycles. The van der Waals surface area contributed by atoms with Crippen LogP contribution in [-0.4, -0.2) is 17.1 Å². The first-order valence-electron chi connectivity index (χ1n) is 5.81. The van der Waals surface area contributed by atoms with Crippen molar-refractivity contribution in [1.82, 2.24) is 10.2 Å². The fraction of sp³-hybridized carbons (Fsp3) is 0.214. The molecule has 0 saturated heterocycles. The molecule has 0 aliphatic rings. The lowest BCUT2D eigenvalue weighted by Crippen LogP contribution is -2.36. The normalized spacial score (nSPS) is 10.1. The van der Waals surface area contributed by atoms with Crippen LogP contribution in [0.25, 0.3) is 0 Å². The Morgan fingerprint density at radius 2 is 2.00 bits per heavy atom. The van der Waals surface area contributed by atoms with E-state index in [4.69, 9.17) is 16.6 Å². The van der Waals surface area contributed by atoms with E-state index in [0.717, 1.165) is 17.4 Å². The van der Waals surface area contributed by atoms with Crippen LogP contribution in [0.3, 0.4) is 0 Å². The minimum absolute atomic E-state index is 0.616. The smallest absolute Gasteiger partial charge is 0.169 e. The first-order chi connectivity index (χ1) is 8.75. The van der Waals surface area contributed by atoms with E-state index in [2.05, 4.69) is 17.4 Å². The highest BCUT2D eigenvalue weighted by molar-refractivity contribution is 7.80. The van der Waals surface area contributed by atoms with Crippen LogP contribution in [0.2, 0.25) is 0 Å². The zero-order chi connectivity index (χ0) is 12.8. The molecule has 0 radical (unpaired) electrons. The Labute approximate surface area is 112 Å². The molecule has 0 spiro atoms. The molecule has 0 bridgehead atoms. The quantitative estimate of drug-likeness (QED) is 0.856. The van der Waals surface area contributed by atoms with Crippen molar-refractivity contribution in [2.45, 2.75) is 13.1 Å². The van der Waals surface area contributed by atoms with E-state index in [0.29, 0.717) is 6.54 Å². The topological polar surface area (TPSA) is 28.4 Å². The van der Waals surface area contributed by atoms with Gasteiger partial charge < -0.3 is 14.6 Å². The number of nitrogens with one attached hydrogen (secondary N) is 1. The van der Waals surface area contributed by atoms with Gasteiger partial charge in [-0.1, -0.05) is 30.3 Å². The van der Waals surface area contributed by atoms with Gasteiger partial charge in [-0.05, 0) is 29.9 Å². The molecular formula is C14H16N2OS. The highest BCUT2D eigenvalue weighted by Crippen LogP contribution is 2.04. The largest absolute Gasteiger partial charge is 0.467 e. The number of benzene rings is 1. The Kier molecular flexibility index (Phi) is 4.36. The van der Waals surface area contributed by atoms with Crippen molar-refractivity contribution in [3.63, 3.8) is 0 Å². The third-order valence-corrected chi connectivity index (χ3v) is 3.06. The molecular weight excluding hydrogens is 244 g/mol. The number of nitrogens with zero attached hydrogens (tertiary/aromatic N) is 1. The Morgan fingerprint density at radius 1 is 1.22 bits per heavy atom.